The van der Waals surface area contributed by atoms with Gasteiger partial charge in [-0.2, -0.15) is 20.0 Å². The van der Waals surface area contributed by atoms with Crippen molar-refractivity contribution in [3.8, 4) is 5.69 Å². The summed E-state index contributed by atoms with van der Waals surface area (Å²) in [4.78, 5) is 16.1. The average Bonchev–Trinajstić information content (AvgIpc) is 3.04. The van der Waals surface area contributed by atoms with E-state index in [-0.39, 0.29) is 0 Å². The Morgan fingerprint density at radius 3 is 2.78 bits per heavy atom. The zero-order valence-corrected chi connectivity index (χ0v) is 10.00. The van der Waals surface area contributed by atoms with Crippen molar-refractivity contribution in [3.05, 3.63) is 41.7 Å². The molecule has 1 aromatic heterocycles. The van der Waals surface area contributed by atoms with Gasteiger partial charge in [-0.1, -0.05) is 18.2 Å². The van der Waals surface area contributed by atoms with Crippen LogP contribution in [0.3, 0.4) is 0 Å². The number of aryl methyl sites for hydroxylation is 1. The molecule has 5 heteroatoms. The lowest BCUT2D eigenvalue weighted by Crippen LogP contribution is -2.10. The summed E-state index contributed by atoms with van der Waals surface area (Å²) in [6.45, 7) is 1.89. The minimum absolute atomic E-state index is 0.403. The van der Waals surface area contributed by atoms with Gasteiger partial charge in [0.25, 0.3) is 0 Å². The smallest absolute Gasteiger partial charge is 0.211 e. The highest BCUT2D eigenvalue weighted by molar-refractivity contribution is 5.50. The number of isocyanates is 1. The van der Waals surface area contributed by atoms with Gasteiger partial charge in [-0.15, -0.1) is 0 Å². The lowest BCUT2D eigenvalue weighted by molar-refractivity contribution is 0.555. The first-order chi connectivity index (χ1) is 8.75. The molecule has 1 aromatic carbocycles. The van der Waals surface area contributed by atoms with Gasteiger partial charge in [0.15, 0.2) is 0 Å². The fourth-order valence-electron chi connectivity index (χ4n) is 2.14. The van der Waals surface area contributed by atoms with Gasteiger partial charge < -0.3 is 0 Å². The van der Waals surface area contributed by atoms with E-state index < -0.39 is 5.54 Å². The first-order valence-electron chi connectivity index (χ1n) is 5.83. The summed E-state index contributed by atoms with van der Waals surface area (Å²) in [5, 5.41) is 8.52. The number of carbonyl (C=O) groups excluding carboxylic acids is 1. The van der Waals surface area contributed by atoms with Crippen LogP contribution in [0.5, 0.6) is 0 Å². The minimum Gasteiger partial charge on any atom is -0.211 e. The summed E-state index contributed by atoms with van der Waals surface area (Å²) < 4.78 is 0. The Balaban J connectivity index is 2.14. The first kappa shape index (κ1) is 10.9. The van der Waals surface area contributed by atoms with Gasteiger partial charge >= 0.3 is 0 Å². The van der Waals surface area contributed by atoms with Gasteiger partial charge in [0.05, 0.1) is 17.6 Å². The molecule has 1 fully saturated rings. The third kappa shape index (κ3) is 1.65. The van der Waals surface area contributed by atoms with Crippen LogP contribution < -0.4 is 0 Å². The van der Waals surface area contributed by atoms with E-state index >= 15 is 0 Å². The van der Waals surface area contributed by atoms with Crippen LogP contribution in [0.2, 0.25) is 0 Å². The fraction of sp³-hybridized carbons (Fsp3) is 0.308. The maximum absolute atomic E-state index is 10.6. The molecule has 1 aliphatic carbocycles. The van der Waals surface area contributed by atoms with Crippen molar-refractivity contribution in [1.29, 1.82) is 0 Å². The highest BCUT2D eigenvalue weighted by Crippen LogP contribution is 2.50. The highest BCUT2D eigenvalue weighted by Gasteiger charge is 2.46. The second-order valence-electron chi connectivity index (χ2n) is 4.53. The van der Waals surface area contributed by atoms with Crippen LogP contribution in [0, 0.1) is 6.92 Å². The Morgan fingerprint density at radius 2 is 2.17 bits per heavy atom. The zero-order chi connectivity index (χ0) is 12.6. The lowest BCUT2D eigenvalue weighted by atomic mass is 10.0. The first-order valence-corrected chi connectivity index (χ1v) is 5.83. The number of hydrogen-bond donors (Lipinski definition) is 0. The molecule has 1 saturated carbocycles. The van der Waals surface area contributed by atoms with Crippen molar-refractivity contribution >= 4 is 6.08 Å². The van der Waals surface area contributed by atoms with Crippen LogP contribution in [0.15, 0.2) is 35.5 Å². The Morgan fingerprint density at radius 1 is 1.39 bits per heavy atom. The molecule has 0 spiro atoms. The quantitative estimate of drug-likeness (QED) is 0.608. The maximum atomic E-state index is 10.6. The van der Waals surface area contributed by atoms with Crippen molar-refractivity contribution in [2.24, 2.45) is 4.99 Å². The van der Waals surface area contributed by atoms with E-state index in [2.05, 4.69) is 15.2 Å². The van der Waals surface area contributed by atoms with Crippen LogP contribution in [-0.4, -0.2) is 21.1 Å². The standard InChI is InChI=1S/C13H12N4O/c1-10-8-15-17(16-10)12-5-3-2-4-11(12)13(6-7-13)14-9-18/h2-5,8H,6-7H2,1H3. The summed E-state index contributed by atoms with van der Waals surface area (Å²) in [6, 6.07) is 7.78. The number of hydrogen-bond acceptors (Lipinski definition) is 4. The molecule has 90 valence electrons. The average molecular weight is 240 g/mol. The normalized spacial score (nSPS) is 16.1. The van der Waals surface area contributed by atoms with Gasteiger partial charge in [-0.05, 0) is 25.8 Å². The molecule has 18 heavy (non-hydrogen) atoms. The molecule has 0 radical (unpaired) electrons. The lowest BCUT2D eigenvalue weighted by Gasteiger charge is -2.13. The molecular formula is C13H12N4O. The van der Waals surface area contributed by atoms with E-state index in [1.807, 2.05) is 31.2 Å². The number of aromatic nitrogens is 3. The molecule has 0 N–H and O–H groups in total. The topological polar surface area (TPSA) is 60.1 Å². The third-order valence-electron chi connectivity index (χ3n) is 3.21. The van der Waals surface area contributed by atoms with Crippen LogP contribution in [0.4, 0.5) is 0 Å². The van der Waals surface area contributed by atoms with Crippen molar-refractivity contribution < 1.29 is 4.79 Å². The molecule has 0 unspecified atom stereocenters. The highest BCUT2D eigenvalue weighted by atomic mass is 16.1. The fourth-order valence-corrected chi connectivity index (χ4v) is 2.14. The molecule has 0 bridgehead atoms. The Bertz CT molecular complexity index is 636. The second-order valence-corrected chi connectivity index (χ2v) is 4.53. The Hall–Kier alpha value is -2.26. The number of benzene rings is 1. The molecular weight excluding hydrogens is 228 g/mol. The molecule has 1 aliphatic rings. The molecule has 0 saturated heterocycles. The van der Waals surface area contributed by atoms with Gasteiger partial charge in [0.2, 0.25) is 6.08 Å². The van der Waals surface area contributed by atoms with Crippen LogP contribution >= 0.6 is 0 Å². The van der Waals surface area contributed by atoms with E-state index in [1.54, 1.807) is 17.1 Å². The summed E-state index contributed by atoms with van der Waals surface area (Å²) in [5.74, 6) is 0. The largest absolute Gasteiger partial charge is 0.235 e. The van der Waals surface area contributed by atoms with E-state index in [4.69, 9.17) is 0 Å². The summed E-state index contributed by atoms with van der Waals surface area (Å²) in [5.41, 5.74) is 2.32. The van der Waals surface area contributed by atoms with Crippen molar-refractivity contribution in [1.82, 2.24) is 15.0 Å². The second kappa shape index (κ2) is 3.89. The molecule has 0 amide bonds. The van der Waals surface area contributed by atoms with Crippen molar-refractivity contribution in [2.75, 3.05) is 0 Å². The van der Waals surface area contributed by atoms with Crippen LogP contribution in [0.25, 0.3) is 5.69 Å². The van der Waals surface area contributed by atoms with Crippen molar-refractivity contribution in [2.45, 2.75) is 25.3 Å². The predicted octanol–water partition coefficient (Wildman–Crippen LogP) is 1.90. The minimum atomic E-state index is -0.403. The summed E-state index contributed by atoms with van der Waals surface area (Å²) >= 11 is 0. The van der Waals surface area contributed by atoms with Gasteiger partial charge in [0.1, 0.15) is 5.54 Å². The van der Waals surface area contributed by atoms with E-state index in [1.165, 1.54) is 0 Å². The summed E-state index contributed by atoms with van der Waals surface area (Å²) in [7, 11) is 0. The predicted molar refractivity (Wildman–Crippen MR) is 65.1 cm³/mol. The molecule has 0 aliphatic heterocycles. The zero-order valence-electron chi connectivity index (χ0n) is 10.00. The monoisotopic (exact) mass is 240 g/mol. The Kier molecular flexibility index (Phi) is 2.35. The van der Waals surface area contributed by atoms with E-state index in [0.29, 0.717) is 0 Å². The van der Waals surface area contributed by atoms with E-state index in [0.717, 1.165) is 29.8 Å². The SMILES string of the molecule is Cc1cnn(-c2ccccc2C2(N=C=O)CC2)n1. The van der Waals surface area contributed by atoms with Crippen LogP contribution in [-0.2, 0) is 10.3 Å². The number of rotatable bonds is 3. The molecule has 0 atom stereocenters. The number of para-hydroxylation sites is 1. The van der Waals surface area contributed by atoms with Gasteiger partial charge in [-0.3, -0.25) is 0 Å². The molecule has 5 nitrogen and oxygen atoms in total. The third-order valence-corrected chi connectivity index (χ3v) is 3.21. The molecule has 3 rings (SSSR count). The van der Waals surface area contributed by atoms with Gasteiger partial charge in [0, 0.05) is 5.56 Å². The van der Waals surface area contributed by atoms with Gasteiger partial charge in [-0.25, -0.2) is 4.79 Å². The molecule has 1 heterocycles. The number of aliphatic imine (C=N–C) groups is 1. The van der Waals surface area contributed by atoms with E-state index in [9.17, 15) is 4.79 Å². The maximum Gasteiger partial charge on any atom is 0.235 e. The summed E-state index contributed by atoms with van der Waals surface area (Å²) in [6.07, 6.45) is 5.13. The Labute approximate surface area is 104 Å². The number of nitrogens with zero attached hydrogens (tertiary/aromatic N) is 4. The van der Waals surface area contributed by atoms with Crippen molar-refractivity contribution in [3.63, 3.8) is 0 Å². The molecule has 2 aromatic rings. The van der Waals surface area contributed by atoms with Crippen LogP contribution in [0.1, 0.15) is 24.1 Å².